The Hall–Kier alpha value is -3.85. The van der Waals surface area contributed by atoms with E-state index >= 15 is 0 Å². The van der Waals surface area contributed by atoms with Gasteiger partial charge in [-0.1, -0.05) is 48.5 Å². The highest BCUT2D eigenvalue weighted by Crippen LogP contribution is 2.31. The van der Waals surface area contributed by atoms with E-state index in [9.17, 15) is 4.79 Å². The molecule has 0 bridgehead atoms. The molecule has 0 saturated carbocycles. The number of para-hydroxylation sites is 2. The van der Waals surface area contributed by atoms with E-state index in [2.05, 4.69) is 0 Å². The molecule has 0 unspecified atom stereocenters. The fourth-order valence-electron chi connectivity index (χ4n) is 3.90. The first-order valence-electron chi connectivity index (χ1n) is 9.15. The van der Waals surface area contributed by atoms with Gasteiger partial charge in [-0.3, -0.25) is 4.79 Å². The summed E-state index contributed by atoms with van der Waals surface area (Å²) in [6.45, 7) is 0. The Labute approximate surface area is 159 Å². The van der Waals surface area contributed by atoms with Crippen LogP contribution in [0.5, 0.6) is 0 Å². The molecule has 3 heteroatoms. The largest absolute Gasteiger partial charge is 0.456 e. The molecule has 0 N–H and O–H groups in total. The molecule has 0 aliphatic carbocycles. The number of carbonyl (C=O) groups is 1. The number of rotatable bonds is 2. The molecule has 0 saturated heterocycles. The lowest BCUT2D eigenvalue weighted by molar-refractivity contribution is 0.103. The van der Waals surface area contributed by atoms with E-state index in [0.717, 1.165) is 43.9 Å². The van der Waals surface area contributed by atoms with Crippen molar-refractivity contribution in [2.75, 3.05) is 0 Å². The lowest BCUT2D eigenvalue weighted by atomic mass is 10.0. The highest BCUT2D eigenvalue weighted by atomic mass is 16.3. The average Bonchev–Trinajstić information content (AvgIpc) is 3.30. The zero-order valence-corrected chi connectivity index (χ0v) is 14.8. The topological polar surface area (TPSA) is 43.4 Å². The van der Waals surface area contributed by atoms with Crippen molar-refractivity contribution in [2.24, 2.45) is 0 Å². The zero-order valence-electron chi connectivity index (χ0n) is 14.8. The Morgan fingerprint density at radius 3 is 1.43 bits per heavy atom. The smallest absolute Gasteiger partial charge is 0.193 e. The van der Waals surface area contributed by atoms with Gasteiger partial charge in [0.15, 0.2) is 5.78 Å². The van der Waals surface area contributed by atoms with Crippen molar-refractivity contribution in [3.05, 3.63) is 96.1 Å². The molecule has 28 heavy (non-hydrogen) atoms. The molecular formula is C25H14O3. The lowest BCUT2D eigenvalue weighted by Gasteiger charge is -2.01. The van der Waals surface area contributed by atoms with Crippen molar-refractivity contribution in [3.63, 3.8) is 0 Å². The molecule has 0 radical (unpaired) electrons. The molecule has 0 atom stereocenters. The molecule has 0 spiro atoms. The Kier molecular flexibility index (Phi) is 3.03. The van der Waals surface area contributed by atoms with Crippen molar-refractivity contribution in [1.82, 2.24) is 0 Å². The standard InChI is InChI=1S/C25H14O3/c26-25(15-9-11-19-17-5-1-3-7-21(17)27-23(19)13-15)16-10-12-20-18-6-2-4-8-22(18)28-24(20)14-16/h1-14H. The summed E-state index contributed by atoms with van der Waals surface area (Å²) >= 11 is 0. The second-order valence-electron chi connectivity index (χ2n) is 6.95. The SMILES string of the molecule is O=C(c1ccc2c(c1)oc1ccccc12)c1ccc2c(c1)oc1ccccc12. The van der Waals surface area contributed by atoms with Gasteiger partial charge in [-0.25, -0.2) is 0 Å². The second kappa shape index (κ2) is 5.57. The molecule has 0 amide bonds. The predicted octanol–water partition coefficient (Wildman–Crippen LogP) is 6.72. The van der Waals surface area contributed by atoms with Gasteiger partial charge in [0, 0.05) is 32.7 Å². The maximum absolute atomic E-state index is 13.1. The van der Waals surface area contributed by atoms with Crippen LogP contribution in [-0.2, 0) is 0 Å². The van der Waals surface area contributed by atoms with E-state index in [1.807, 2.05) is 84.9 Å². The van der Waals surface area contributed by atoms with Gasteiger partial charge in [-0.15, -0.1) is 0 Å². The van der Waals surface area contributed by atoms with Crippen LogP contribution in [-0.4, -0.2) is 5.78 Å². The van der Waals surface area contributed by atoms with Gasteiger partial charge in [0.2, 0.25) is 0 Å². The van der Waals surface area contributed by atoms with E-state index in [1.54, 1.807) is 0 Å². The number of hydrogen-bond acceptors (Lipinski definition) is 3. The summed E-state index contributed by atoms with van der Waals surface area (Å²) in [5.74, 6) is -0.0512. The number of benzene rings is 4. The molecule has 2 aromatic heterocycles. The first-order valence-corrected chi connectivity index (χ1v) is 9.15. The highest BCUT2D eigenvalue weighted by molar-refractivity contribution is 6.15. The molecule has 132 valence electrons. The van der Waals surface area contributed by atoms with E-state index < -0.39 is 0 Å². The van der Waals surface area contributed by atoms with Crippen LogP contribution in [0.1, 0.15) is 15.9 Å². The van der Waals surface area contributed by atoms with Gasteiger partial charge < -0.3 is 8.83 Å². The minimum absolute atomic E-state index is 0.0512. The Morgan fingerprint density at radius 1 is 0.500 bits per heavy atom. The van der Waals surface area contributed by atoms with E-state index in [-0.39, 0.29) is 5.78 Å². The van der Waals surface area contributed by atoms with Crippen LogP contribution in [0.2, 0.25) is 0 Å². The van der Waals surface area contributed by atoms with Crippen molar-refractivity contribution >= 4 is 49.7 Å². The fraction of sp³-hybridized carbons (Fsp3) is 0. The zero-order chi connectivity index (χ0) is 18.7. The van der Waals surface area contributed by atoms with Crippen LogP contribution >= 0.6 is 0 Å². The predicted molar refractivity (Wildman–Crippen MR) is 111 cm³/mol. The molecule has 6 rings (SSSR count). The number of hydrogen-bond donors (Lipinski definition) is 0. The van der Waals surface area contributed by atoms with Crippen molar-refractivity contribution < 1.29 is 13.6 Å². The molecular weight excluding hydrogens is 348 g/mol. The normalized spacial score (nSPS) is 11.7. The number of furan rings is 2. The third-order valence-corrected chi connectivity index (χ3v) is 5.28. The molecule has 3 nitrogen and oxygen atoms in total. The summed E-state index contributed by atoms with van der Waals surface area (Å²) in [5, 5.41) is 4.14. The van der Waals surface area contributed by atoms with Crippen LogP contribution in [0.25, 0.3) is 43.9 Å². The van der Waals surface area contributed by atoms with Gasteiger partial charge in [0.05, 0.1) is 0 Å². The maximum atomic E-state index is 13.1. The summed E-state index contributed by atoms with van der Waals surface area (Å²) in [5.41, 5.74) is 4.29. The Bertz CT molecular complexity index is 1420. The summed E-state index contributed by atoms with van der Waals surface area (Å²) in [7, 11) is 0. The first kappa shape index (κ1) is 15.2. The minimum Gasteiger partial charge on any atom is -0.456 e. The van der Waals surface area contributed by atoms with Gasteiger partial charge in [-0.2, -0.15) is 0 Å². The molecule has 0 fully saturated rings. The van der Waals surface area contributed by atoms with Crippen molar-refractivity contribution in [2.45, 2.75) is 0 Å². The van der Waals surface area contributed by atoms with Crippen molar-refractivity contribution in [1.29, 1.82) is 0 Å². The van der Waals surface area contributed by atoms with Gasteiger partial charge in [-0.05, 0) is 36.4 Å². The number of fused-ring (bicyclic) bond motifs is 6. The maximum Gasteiger partial charge on any atom is 0.193 e. The molecule has 2 heterocycles. The van der Waals surface area contributed by atoms with Crippen LogP contribution in [0.15, 0.2) is 93.8 Å². The monoisotopic (exact) mass is 362 g/mol. The van der Waals surface area contributed by atoms with E-state index in [4.69, 9.17) is 8.83 Å². The van der Waals surface area contributed by atoms with Gasteiger partial charge >= 0.3 is 0 Å². The molecule has 6 aromatic rings. The van der Waals surface area contributed by atoms with E-state index in [0.29, 0.717) is 11.1 Å². The van der Waals surface area contributed by atoms with Crippen LogP contribution in [0.3, 0.4) is 0 Å². The Morgan fingerprint density at radius 2 is 0.929 bits per heavy atom. The third-order valence-electron chi connectivity index (χ3n) is 5.28. The Balaban J connectivity index is 1.48. The number of carbonyl (C=O) groups excluding carboxylic acids is 1. The molecule has 0 aliphatic heterocycles. The lowest BCUT2D eigenvalue weighted by Crippen LogP contribution is -2.00. The van der Waals surface area contributed by atoms with E-state index in [1.165, 1.54) is 0 Å². The third kappa shape index (κ3) is 2.13. The van der Waals surface area contributed by atoms with Gasteiger partial charge in [0.25, 0.3) is 0 Å². The van der Waals surface area contributed by atoms with Gasteiger partial charge in [0.1, 0.15) is 22.3 Å². The molecule has 4 aromatic carbocycles. The fourth-order valence-corrected chi connectivity index (χ4v) is 3.90. The van der Waals surface area contributed by atoms with Crippen LogP contribution in [0.4, 0.5) is 0 Å². The summed E-state index contributed by atoms with van der Waals surface area (Å²) in [6, 6.07) is 27.0. The quantitative estimate of drug-likeness (QED) is 0.321. The number of ketones is 1. The first-order chi connectivity index (χ1) is 13.8. The second-order valence-corrected chi connectivity index (χ2v) is 6.95. The van der Waals surface area contributed by atoms with Crippen molar-refractivity contribution in [3.8, 4) is 0 Å². The molecule has 0 aliphatic rings. The van der Waals surface area contributed by atoms with Crippen LogP contribution in [0, 0.1) is 0 Å². The summed E-state index contributed by atoms with van der Waals surface area (Å²) in [6.07, 6.45) is 0. The van der Waals surface area contributed by atoms with Crippen LogP contribution < -0.4 is 0 Å². The average molecular weight is 362 g/mol. The summed E-state index contributed by atoms with van der Waals surface area (Å²) in [4.78, 5) is 13.1. The minimum atomic E-state index is -0.0512. The summed E-state index contributed by atoms with van der Waals surface area (Å²) < 4.78 is 11.8. The highest BCUT2D eigenvalue weighted by Gasteiger charge is 2.15.